The second-order valence-corrected chi connectivity index (χ2v) is 5.04. The number of hydrogen-bond donors (Lipinski definition) is 1. The van der Waals surface area contributed by atoms with E-state index in [9.17, 15) is 4.79 Å². The summed E-state index contributed by atoms with van der Waals surface area (Å²) in [6, 6.07) is 3.65. The summed E-state index contributed by atoms with van der Waals surface area (Å²) in [5.41, 5.74) is 1.87. The lowest BCUT2D eigenvalue weighted by molar-refractivity contribution is -0.121. The van der Waals surface area contributed by atoms with E-state index in [-0.39, 0.29) is 11.9 Å². The van der Waals surface area contributed by atoms with Crippen molar-refractivity contribution in [1.82, 2.24) is 10.5 Å². The molecule has 0 saturated carbocycles. The van der Waals surface area contributed by atoms with Gasteiger partial charge in [-0.2, -0.15) is 0 Å². The van der Waals surface area contributed by atoms with Crippen molar-refractivity contribution in [2.45, 2.75) is 46.6 Å². The van der Waals surface area contributed by atoms with Crippen molar-refractivity contribution in [2.75, 3.05) is 0 Å². The minimum absolute atomic E-state index is 0.00782. The Morgan fingerprint density at radius 1 is 1.35 bits per heavy atom. The number of carbonyl (C=O) groups is 1. The zero-order valence-corrected chi connectivity index (χ0v) is 12.3. The molecule has 1 N–H and O–H groups in total. The number of amides is 1. The zero-order chi connectivity index (χ0) is 14.7. The van der Waals surface area contributed by atoms with Gasteiger partial charge in [-0.15, -0.1) is 0 Å². The maximum absolute atomic E-state index is 11.9. The summed E-state index contributed by atoms with van der Waals surface area (Å²) in [5, 5.41) is 6.81. The average Bonchev–Trinajstić information content (AvgIpc) is 2.95. The number of nitrogens with one attached hydrogen (secondary N) is 1. The lowest BCUT2D eigenvalue weighted by atomic mass is 10.1. The Morgan fingerprint density at radius 2 is 2.10 bits per heavy atom. The molecule has 0 spiro atoms. The molecule has 2 aromatic heterocycles. The summed E-state index contributed by atoms with van der Waals surface area (Å²) in [4.78, 5) is 11.9. The first kappa shape index (κ1) is 14.4. The molecule has 1 amide bonds. The third kappa shape index (κ3) is 3.29. The van der Waals surface area contributed by atoms with E-state index in [0.29, 0.717) is 12.8 Å². The van der Waals surface area contributed by atoms with Crippen LogP contribution < -0.4 is 5.32 Å². The van der Waals surface area contributed by atoms with Crippen molar-refractivity contribution < 1.29 is 13.7 Å². The van der Waals surface area contributed by atoms with Crippen LogP contribution in [0, 0.1) is 20.8 Å². The smallest absolute Gasteiger partial charge is 0.220 e. The molecular formula is C15H20N2O3. The predicted molar refractivity (Wildman–Crippen MR) is 74.3 cm³/mol. The molecule has 0 bridgehead atoms. The number of aryl methyl sites for hydroxylation is 3. The van der Waals surface area contributed by atoms with Crippen LogP contribution in [0.3, 0.4) is 0 Å². The van der Waals surface area contributed by atoms with E-state index in [1.807, 2.05) is 39.8 Å². The summed E-state index contributed by atoms with van der Waals surface area (Å²) in [5.74, 6) is 2.39. The second-order valence-electron chi connectivity index (χ2n) is 5.04. The lowest BCUT2D eigenvalue weighted by Crippen LogP contribution is -2.26. The zero-order valence-electron chi connectivity index (χ0n) is 12.3. The molecule has 20 heavy (non-hydrogen) atoms. The fraction of sp³-hybridized carbons (Fsp3) is 0.467. The van der Waals surface area contributed by atoms with Crippen LogP contribution in [0.5, 0.6) is 0 Å². The van der Waals surface area contributed by atoms with Crippen LogP contribution in [0.2, 0.25) is 0 Å². The van der Waals surface area contributed by atoms with Gasteiger partial charge in [0.05, 0.1) is 11.7 Å². The van der Waals surface area contributed by atoms with Gasteiger partial charge in [0.25, 0.3) is 0 Å². The van der Waals surface area contributed by atoms with Crippen LogP contribution in [-0.2, 0) is 11.2 Å². The molecule has 0 aromatic carbocycles. The molecule has 0 aliphatic carbocycles. The maximum atomic E-state index is 11.9. The monoisotopic (exact) mass is 276 g/mol. The van der Waals surface area contributed by atoms with E-state index in [1.54, 1.807) is 0 Å². The number of hydrogen-bond acceptors (Lipinski definition) is 4. The summed E-state index contributed by atoms with van der Waals surface area (Å²) >= 11 is 0. The van der Waals surface area contributed by atoms with Crippen LogP contribution in [0.4, 0.5) is 0 Å². The molecule has 5 heteroatoms. The molecule has 2 aromatic rings. The van der Waals surface area contributed by atoms with Gasteiger partial charge in [-0.1, -0.05) is 5.16 Å². The summed E-state index contributed by atoms with van der Waals surface area (Å²) in [6.45, 7) is 7.54. The topological polar surface area (TPSA) is 68.3 Å². The Labute approximate surface area is 118 Å². The standard InChI is InChI=1S/C15H20N2O3/c1-9-5-7-14(19-9)11(3)16-15(18)8-6-13-10(2)17-20-12(13)4/h5,7,11H,6,8H2,1-4H3,(H,16,18). The van der Waals surface area contributed by atoms with E-state index in [1.165, 1.54) is 0 Å². The predicted octanol–water partition coefficient (Wildman–Crippen LogP) is 3.00. The molecule has 0 radical (unpaired) electrons. The minimum atomic E-state index is -0.124. The SMILES string of the molecule is Cc1ccc(C(C)NC(=O)CCc2c(C)noc2C)o1. The van der Waals surface area contributed by atoms with Gasteiger partial charge in [-0.25, -0.2) is 0 Å². The first-order chi connectivity index (χ1) is 9.47. The van der Waals surface area contributed by atoms with Crippen molar-refractivity contribution >= 4 is 5.91 Å². The Balaban J connectivity index is 1.87. The average molecular weight is 276 g/mol. The van der Waals surface area contributed by atoms with Crippen molar-refractivity contribution in [1.29, 1.82) is 0 Å². The molecule has 2 heterocycles. The lowest BCUT2D eigenvalue weighted by Gasteiger charge is -2.11. The molecule has 108 valence electrons. The molecule has 1 atom stereocenters. The minimum Gasteiger partial charge on any atom is -0.464 e. The van der Waals surface area contributed by atoms with E-state index >= 15 is 0 Å². The van der Waals surface area contributed by atoms with Crippen LogP contribution in [0.1, 0.15) is 47.9 Å². The summed E-state index contributed by atoms with van der Waals surface area (Å²) in [6.07, 6.45) is 1.05. The number of rotatable bonds is 5. The van der Waals surface area contributed by atoms with Crippen LogP contribution >= 0.6 is 0 Å². The van der Waals surface area contributed by atoms with Crippen molar-refractivity contribution in [3.63, 3.8) is 0 Å². The number of nitrogens with zero attached hydrogens (tertiary/aromatic N) is 1. The molecule has 5 nitrogen and oxygen atoms in total. The molecule has 0 aliphatic rings. The van der Waals surface area contributed by atoms with Gasteiger partial charge in [-0.3, -0.25) is 4.79 Å². The van der Waals surface area contributed by atoms with Gasteiger partial charge in [0, 0.05) is 12.0 Å². The maximum Gasteiger partial charge on any atom is 0.220 e. The van der Waals surface area contributed by atoms with Gasteiger partial charge >= 0.3 is 0 Å². The Kier molecular flexibility index (Phi) is 4.27. The summed E-state index contributed by atoms with van der Waals surface area (Å²) < 4.78 is 10.6. The molecule has 0 saturated heterocycles. The number of furan rings is 1. The fourth-order valence-electron chi connectivity index (χ4n) is 2.17. The van der Waals surface area contributed by atoms with Crippen molar-refractivity contribution in [2.24, 2.45) is 0 Å². The highest BCUT2D eigenvalue weighted by atomic mass is 16.5. The second kappa shape index (κ2) is 5.94. The summed E-state index contributed by atoms with van der Waals surface area (Å²) in [7, 11) is 0. The molecule has 0 fully saturated rings. The molecule has 1 unspecified atom stereocenters. The molecule has 2 rings (SSSR count). The Morgan fingerprint density at radius 3 is 2.65 bits per heavy atom. The third-order valence-electron chi connectivity index (χ3n) is 3.35. The van der Waals surface area contributed by atoms with Gasteiger partial charge in [0.15, 0.2) is 0 Å². The van der Waals surface area contributed by atoms with E-state index in [2.05, 4.69) is 10.5 Å². The normalized spacial score (nSPS) is 12.4. The van der Waals surface area contributed by atoms with Crippen LogP contribution in [0.15, 0.2) is 21.1 Å². The van der Waals surface area contributed by atoms with Gasteiger partial charge in [-0.05, 0) is 46.2 Å². The molecule has 0 aliphatic heterocycles. The third-order valence-corrected chi connectivity index (χ3v) is 3.35. The van der Waals surface area contributed by atoms with Crippen LogP contribution in [0.25, 0.3) is 0 Å². The highest BCUT2D eigenvalue weighted by molar-refractivity contribution is 5.76. The largest absolute Gasteiger partial charge is 0.464 e. The van der Waals surface area contributed by atoms with E-state index in [4.69, 9.17) is 8.94 Å². The van der Waals surface area contributed by atoms with Crippen LogP contribution in [-0.4, -0.2) is 11.1 Å². The van der Waals surface area contributed by atoms with Crippen molar-refractivity contribution in [3.05, 3.63) is 40.7 Å². The van der Waals surface area contributed by atoms with E-state index in [0.717, 1.165) is 28.5 Å². The molecular weight excluding hydrogens is 256 g/mol. The van der Waals surface area contributed by atoms with Crippen molar-refractivity contribution in [3.8, 4) is 0 Å². The quantitative estimate of drug-likeness (QED) is 0.911. The van der Waals surface area contributed by atoms with E-state index < -0.39 is 0 Å². The first-order valence-electron chi connectivity index (χ1n) is 6.75. The van der Waals surface area contributed by atoms with Gasteiger partial charge in [0.1, 0.15) is 17.3 Å². The Bertz CT molecular complexity index is 579. The van der Waals surface area contributed by atoms with Gasteiger partial charge in [0.2, 0.25) is 5.91 Å². The Hall–Kier alpha value is -2.04. The first-order valence-corrected chi connectivity index (χ1v) is 6.75. The highest BCUT2D eigenvalue weighted by Gasteiger charge is 2.15. The number of aromatic nitrogens is 1. The van der Waals surface area contributed by atoms with Gasteiger partial charge < -0.3 is 14.3 Å². The fourth-order valence-corrected chi connectivity index (χ4v) is 2.17. The highest BCUT2D eigenvalue weighted by Crippen LogP contribution is 2.17. The number of carbonyl (C=O) groups excluding carboxylic acids is 1.